The van der Waals surface area contributed by atoms with Crippen LogP contribution in [0.5, 0.6) is 11.5 Å². The van der Waals surface area contributed by atoms with Gasteiger partial charge in [-0.3, -0.25) is 29.0 Å². The zero-order valence-corrected chi connectivity index (χ0v) is 44.8. The third-order valence-electron chi connectivity index (χ3n) is 16.0. The fourth-order valence-electron chi connectivity index (χ4n) is 11.4. The molecule has 0 radical (unpaired) electrons. The molecule has 6 heterocycles. The van der Waals surface area contributed by atoms with Crippen molar-refractivity contribution in [3.05, 3.63) is 100 Å². The number of ketones is 2. The van der Waals surface area contributed by atoms with E-state index in [1.165, 1.54) is 33.3 Å². The number of Topliss-reactive ketones (excluding diaryl/α,β-unsaturated/α-hetero) is 2. The molecular weight excluding hydrogens is 961 g/mol. The number of nitrogens with zero attached hydrogens (tertiary/aromatic N) is 4. The van der Waals surface area contributed by atoms with Crippen LogP contribution in [0.15, 0.2) is 82.9 Å². The van der Waals surface area contributed by atoms with Gasteiger partial charge in [-0.2, -0.15) is 0 Å². The SMILES string of the molecule is CO[C@H]1/C=C/O[C@@]2(C)Oc3c(C)c(O)c4c(c3C2=O)C2=NC3(CCN(CC(C)C)CC3)NC2=C(NC(=O)/C(C)=C\C=C\[C@H](C)[C@H](O)[C@@H](C)[C@@H](O)[C@@H](C)[C@H](OC(=O)CC(=O)N2CCN(c3ccccc3)CC2)[C@@H]1C)C4=O. The monoisotopic (exact) mass is 1030 g/mol. The first-order chi connectivity index (χ1) is 35.6. The molecule has 1 aliphatic carbocycles. The highest BCUT2D eigenvalue weighted by molar-refractivity contribution is 6.34. The number of aliphatic imine (C=N–C) groups is 1. The highest BCUT2D eigenvalue weighted by Crippen LogP contribution is 2.50. The number of aliphatic hydroxyl groups excluding tert-OH is 2. The number of likely N-dealkylation sites (tertiary alicyclic amines) is 1. The van der Waals surface area contributed by atoms with E-state index in [1.54, 1.807) is 57.7 Å². The van der Waals surface area contributed by atoms with Crippen molar-refractivity contribution in [1.82, 2.24) is 20.4 Å². The Balaban J connectivity index is 1.13. The van der Waals surface area contributed by atoms with E-state index in [0.29, 0.717) is 58.0 Å². The number of aliphatic hydroxyl groups is 2. The van der Waals surface area contributed by atoms with Crippen LogP contribution in [-0.2, 0) is 28.6 Å². The lowest BCUT2D eigenvalue weighted by atomic mass is 9.78. The Morgan fingerprint density at radius 2 is 1.56 bits per heavy atom. The molecule has 5 N–H and O–H groups in total. The van der Waals surface area contributed by atoms with Crippen LogP contribution in [-0.4, -0.2) is 149 Å². The molecule has 7 aliphatic rings. The minimum atomic E-state index is -2.03. The predicted molar refractivity (Wildman–Crippen MR) is 281 cm³/mol. The van der Waals surface area contributed by atoms with Gasteiger partial charge in [0.2, 0.25) is 11.7 Å². The van der Waals surface area contributed by atoms with Gasteiger partial charge >= 0.3 is 11.8 Å². The molecule has 2 saturated heterocycles. The largest absolute Gasteiger partial charge is 0.507 e. The van der Waals surface area contributed by atoms with E-state index in [4.69, 9.17) is 23.9 Å². The lowest BCUT2D eigenvalue weighted by molar-refractivity contribution is -0.165. The van der Waals surface area contributed by atoms with Crippen molar-refractivity contribution in [3.8, 4) is 11.5 Å². The summed E-state index contributed by atoms with van der Waals surface area (Å²) in [5.74, 6) is -8.10. The van der Waals surface area contributed by atoms with Crippen molar-refractivity contribution in [1.29, 1.82) is 0 Å². The Labute approximate surface area is 439 Å². The molecule has 0 unspecified atom stereocenters. The van der Waals surface area contributed by atoms with Crippen molar-refractivity contribution in [3.63, 3.8) is 0 Å². The summed E-state index contributed by atoms with van der Waals surface area (Å²) in [5.41, 5.74) is 0.643. The first-order valence-electron chi connectivity index (χ1n) is 26.3. The number of piperazine rings is 1. The fourth-order valence-corrected chi connectivity index (χ4v) is 11.4. The molecule has 9 rings (SSSR count). The van der Waals surface area contributed by atoms with Crippen LogP contribution in [0, 0.1) is 36.5 Å². The number of aromatic hydroxyl groups is 1. The normalized spacial score (nSPS) is 30.9. The summed E-state index contributed by atoms with van der Waals surface area (Å²) < 4.78 is 24.7. The average Bonchev–Trinajstić information content (AvgIpc) is 3.95. The minimum Gasteiger partial charge on any atom is -0.507 e. The number of carbonyl (C=O) groups is 5. The zero-order valence-electron chi connectivity index (χ0n) is 44.8. The quantitative estimate of drug-likeness (QED) is 0.174. The number of allylic oxidation sites excluding steroid dienone is 4. The number of ether oxygens (including phenoxy) is 4. The predicted octanol–water partition coefficient (Wildman–Crippen LogP) is 5.33. The third-order valence-corrected chi connectivity index (χ3v) is 16.0. The van der Waals surface area contributed by atoms with Crippen LogP contribution < -0.4 is 20.3 Å². The second-order valence-corrected chi connectivity index (χ2v) is 21.8. The van der Waals surface area contributed by atoms with Gasteiger partial charge in [0.15, 0.2) is 0 Å². The smallest absolute Gasteiger partial charge is 0.315 e. The van der Waals surface area contributed by atoms with Crippen molar-refractivity contribution < 1.29 is 58.2 Å². The number of hydrogen-bond donors (Lipinski definition) is 5. The van der Waals surface area contributed by atoms with E-state index in [0.717, 1.165) is 12.2 Å². The first kappa shape index (κ1) is 54.9. The molecule has 18 heteroatoms. The molecule has 18 nitrogen and oxygen atoms in total. The van der Waals surface area contributed by atoms with Gasteiger partial charge in [0.1, 0.15) is 35.4 Å². The molecule has 404 valence electrons. The summed E-state index contributed by atoms with van der Waals surface area (Å²) in [7, 11) is 1.44. The van der Waals surface area contributed by atoms with Crippen LogP contribution in [0.25, 0.3) is 0 Å². The van der Waals surface area contributed by atoms with E-state index in [2.05, 4.69) is 34.3 Å². The van der Waals surface area contributed by atoms with Crippen molar-refractivity contribution in [2.75, 3.05) is 57.8 Å². The second-order valence-electron chi connectivity index (χ2n) is 21.8. The van der Waals surface area contributed by atoms with Gasteiger partial charge in [0.05, 0.1) is 47.1 Å². The van der Waals surface area contributed by atoms with Gasteiger partial charge in [0.25, 0.3) is 11.7 Å². The molecule has 2 fully saturated rings. The van der Waals surface area contributed by atoms with E-state index in [9.17, 15) is 39.3 Å². The van der Waals surface area contributed by atoms with Crippen LogP contribution in [0.4, 0.5) is 5.69 Å². The minimum absolute atomic E-state index is 0.00267. The van der Waals surface area contributed by atoms with Gasteiger partial charge in [-0.05, 0) is 38.0 Å². The first-order valence-corrected chi connectivity index (χ1v) is 26.3. The molecule has 5 bridgehead atoms. The summed E-state index contributed by atoms with van der Waals surface area (Å²) in [6.07, 6.45) is 3.85. The standard InChI is InChI=1S/C57H74N6O12/c1-31(2)30-61-22-20-57(21-23-61)59-45-42-43-50(68)37(8)53-44(42)54(70)56(9,75-53)73-28-19-39(72-10)34(5)52(74-41(65)29-40(64)63-26-24-62(25-27-63)38-17-12-11-13-18-38)36(7)49(67)35(6)48(66)32(3)15-14-16-33(4)55(71)58-47(51(43)69)46(45)60-57/h11-19,28,31-32,34-36,39,48-49,52,60,66-68H,20-27,29-30H2,1-10H3,(H,58,71)/b15-14+,28-19+,33-16-/t32-,34+,35+,36+,39-,48-,49+,52+,56-/m0/s1. The number of benzene rings is 2. The summed E-state index contributed by atoms with van der Waals surface area (Å²) in [4.78, 5) is 82.8. The summed E-state index contributed by atoms with van der Waals surface area (Å²) >= 11 is 0. The second kappa shape index (κ2) is 22.1. The zero-order chi connectivity index (χ0) is 54.3. The van der Waals surface area contributed by atoms with Crippen molar-refractivity contribution >= 4 is 40.7 Å². The number of rotatable bonds is 7. The number of methoxy groups -OCH3 is 1. The van der Waals surface area contributed by atoms with Gasteiger partial charge < -0.3 is 59.6 Å². The van der Waals surface area contributed by atoms with E-state index in [-0.39, 0.29) is 50.7 Å². The van der Waals surface area contributed by atoms with Gasteiger partial charge in [-0.1, -0.05) is 78.0 Å². The molecule has 0 aromatic heterocycles. The summed E-state index contributed by atoms with van der Waals surface area (Å²) in [5, 5.41) is 41.9. The number of phenolic OH excluding ortho intramolecular Hbond substituents is 1. The number of hydrogen-bond acceptors (Lipinski definition) is 16. The van der Waals surface area contributed by atoms with Crippen molar-refractivity contribution in [2.45, 2.75) is 117 Å². The Morgan fingerprint density at radius 1 is 0.880 bits per heavy atom. The molecular formula is C57H74N6O12. The Morgan fingerprint density at radius 3 is 2.21 bits per heavy atom. The maximum absolute atomic E-state index is 15.0. The van der Waals surface area contributed by atoms with E-state index < -0.39 is 101 Å². The van der Waals surface area contributed by atoms with Gasteiger partial charge in [-0.15, -0.1) is 0 Å². The molecule has 75 heavy (non-hydrogen) atoms. The number of amides is 2. The molecule has 2 aromatic carbocycles. The third kappa shape index (κ3) is 10.9. The molecule has 1 spiro atoms. The van der Waals surface area contributed by atoms with Crippen LogP contribution in [0.2, 0.25) is 0 Å². The lowest BCUT2D eigenvalue weighted by Crippen LogP contribution is -2.50. The number of piperidine rings is 1. The maximum Gasteiger partial charge on any atom is 0.315 e. The number of esters is 1. The van der Waals surface area contributed by atoms with Crippen LogP contribution >= 0.6 is 0 Å². The molecule has 2 amide bonds. The molecule has 0 saturated carbocycles. The highest BCUT2D eigenvalue weighted by atomic mass is 16.7. The number of fused-ring (bicyclic) bond motifs is 13. The number of para-hydroxylation sites is 1. The Kier molecular flexibility index (Phi) is 16.2. The fraction of sp³-hybridized carbons (Fsp3) is 0.544. The number of anilines is 1. The molecule has 2 aromatic rings. The number of phenols is 1. The topological polar surface area (TPSA) is 229 Å². The molecule has 6 aliphatic heterocycles. The summed E-state index contributed by atoms with van der Waals surface area (Å²) in [6, 6.07) is 9.89. The Hall–Kier alpha value is -6.34. The van der Waals surface area contributed by atoms with Crippen LogP contribution in [0.3, 0.4) is 0 Å². The summed E-state index contributed by atoms with van der Waals surface area (Å²) in [6.45, 7) is 20.1. The van der Waals surface area contributed by atoms with Crippen molar-refractivity contribution in [2.24, 2.45) is 34.6 Å². The lowest BCUT2D eigenvalue weighted by Gasteiger charge is -2.38. The number of nitrogens with one attached hydrogen (secondary N) is 2. The van der Waals surface area contributed by atoms with Gasteiger partial charge in [0, 0.05) is 119 Å². The maximum atomic E-state index is 15.0. The molecule has 9 atom stereocenters. The van der Waals surface area contributed by atoms with Gasteiger partial charge in [-0.25, -0.2) is 0 Å². The number of carbonyl (C=O) groups excluding carboxylic acids is 5. The average molecular weight is 1040 g/mol. The highest BCUT2D eigenvalue weighted by Gasteiger charge is 2.54. The van der Waals surface area contributed by atoms with E-state index >= 15 is 0 Å². The Bertz CT molecular complexity index is 2720. The van der Waals surface area contributed by atoms with Crippen LogP contribution in [0.1, 0.15) is 106 Å². The van der Waals surface area contributed by atoms with E-state index in [1.807, 2.05) is 30.3 Å².